The van der Waals surface area contributed by atoms with E-state index in [9.17, 15) is 0 Å². The van der Waals surface area contributed by atoms with Crippen LogP contribution in [0, 0.1) is 6.33 Å². The van der Waals surface area contributed by atoms with E-state index in [1.807, 2.05) is 6.92 Å². The number of hydrogen-bond donors (Lipinski definition) is 1. The SMILES string of the molecule is CCn1[c]nnc1O. The summed E-state index contributed by atoms with van der Waals surface area (Å²) in [6.45, 7) is 2.53. The molecule has 0 aromatic carbocycles. The highest BCUT2D eigenvalue weighted by Gasteiger charge is 1.95. The van der Waals surface area contributed by atoms with Gasteiger partial charge in [0.1, 0.15) is 0 Å². The molecule has 4 heteroatoms. The quantitative estimate of drug-likeness (QED) is 0.547. The predicted octanol–water partition coefficient (Wildman–Crippen LogP) is -0.196. The van der Waals surface area contributed by atoms with Gasteiger partial charge in [-0.25, -0.2) is 0 Å². The molecule has 4 nitrogen and oxygen atoms in total. The van der Waals surface area contributed by atoms with Crippen LogP contribution in [0.4, 0.5) is 0 Å². The lowest BCUT2D eigenvalue weighted by Crippen LogP contribution is -1.89. The van der Waals surface area contributed by atoms with E-state index in [1.54, 1.807) is 0 Å². The fourth-order valence-corrected chi connectivity index (χ4v) is 0.432. The molecule has 1 heterocycles. The average Bonchev–Trinajstić information content (AvgIpc) is 2.14. The molecule has 0 saturated heterocycles. The van der Waals surface area contributed by atoms with Gasteiger partial charge in [0.05, 0.1) is 0 Å². The minimum Gasteiger partial charge on any atom is -0.479 e. The number of nitrogens with zero attached hydrogens (tertiary/aromatic N) is 3. The highest BCUT2D eigenvalue weighted by molar-refractivity contribution is 4.85. The van der Waals surface area contributed by atoms with Gasteiger partial charge in [-0.3, -0.25) is 4.57 Å². The Kier molecular flexibility index (Phi) is 1.15. The summed E-state index contributed by atoms with van der Waals surface area (Å²) in [7, 11) is 0. The number of aryl methyl sites for hydroxylation is 1. The molecule has 0 aliphatic carbocycles. The van der Waals surface area contributed by atoms with E-state index >= 15 is 0 Å². The van der Waals surface area contributed by atoms with Crippen LogP contribution in [0.2, 0.25) is 0 Å². The van der Waals surface area contributed by atoms with Crippen LogP contribution in [0.15, 0.2) is 0 Å². The molecule has 1 N–H and O–H groups in total. The van der Waals surface area contributed by atoms with Crippen molar-refractivity contribution in [3.05, 3.63) is 6.33 Å². The second-order valence-corrected chi connectivity index (χ2v) is 1.34. The molecule has 0 saturated carbocycles. The van der Waals surface area contributed by atoms with Gasteiger partial charge in [-0.1, -0.05) is 5.10 Å². The molecule has 0 atom stereocenters. The molecule has 0 aliphatic heterocycles. The van der Waals surface area contributed by atoms with Crippen LogP contribution in [0.1, 0.15) is 6.92 Å². The molecule has 8 heavy (non-hydrogen) atoms. The third kappa shape index (κ3) is 0.641. The molecule has 1 rings (SSSR count). The van der Waals surface area contributed by atoms with Crippen LogP contribution >= 0.6 is 0 Å². The summed E-state index contributed by atoms with van der Waals surface area (Å²) in [5.41, 5.74) is 0. The molecule has 1 radical (unpaired) electrons. The Morgan fingerprint density at radius 2 is 2.62 bits per heavy atom. The van der Waals surface area contributed by atoms with Crippen LogP contribution in [0.3, 0.4) is 0 Å². The van der Waals surface area contributed by atoms with Gasteiger partial charge in [-0.2, -0.15) is 0 Å². The number of rotatable bonds is 1. The van der Waals surface area contributed by atoms with Gasteiger partial charge in [0.25, 0.3) is 0 Å². The van der Waals surface area contributed by atoms with Crippen LogP contribution < -0.4 is 0 Å². The molecular weight excluding hydrogens is 106 g/mol. The van der Waals surface area contributed by atoms with Crippen molar-refractivity contribution in [3.8, 4) is 6.01 Å². The molecule has 0 bridgehead atoms. The Morgan fingerprint density at radius 1 is 1.88 bits per heavy atom. The van der Waals surface area contributed by atoms with Gasteiger partial charge >= 0.3 is 6.01 Å². The van der Waals surface area contributed by atoms with Gasteiger partial charge in [-0.15, -0.1) is 5.10 Å². The van der Waals surface area contributed by atoms with E-state index in [0.717, 1.165) is 0 Å². The van der Waals surface area contributed by atoms with Crippen molar-refractivity contribution >= 4 is 0 Å². The van der Waals surface area contributed by atoms with Gasteiger partial charge in [-0.05, 0) is 6.92 Å². The standard InChI is InChI=1S/C4H6N3O/c1-2-7-3-5-6-4(7)8/h2H2,1H3,(H,6,8). The Bertz CT molecular complexity index is 172. The van der Waals surface area contributed by atoms with E-state index in [2.05, 4.69) is 16.5 Å². The van der Waals surface area contributed by atoms with Gasteiger partial charge in [0, 0.05) is 6.54 Å². The van der Waals surface area contributed by atoms with Gasteiger partial charge in [0.2, 0.25) is 6.33 Å². The van der Waals surface area contributed by atoms with Crippen molar-refractivity contribution in [1.29, 1.82) is 0 Å². The highest BCUT2D eigenvalue weighted by atomic mass is 16.3. The molecule has 0 aliphatic rings. The molecular formula is C4H6N3O. The summed E-state index contributed by atoms with van der Waals surface area (Å²) in [5, 5.41) is 15.3. The third-order valence-electron chi connectivity index (χ3n) is 0.863. The summed E-state index contributed by atoms with van der Waals surface area (Å²) in [6.07, 6.45) is 2.46. The maximum Gasteiger partial charge on any atom is 0.314 e. The normalized spacial score (nSPS) is 9.62. The monoisotopic (exact) mass is 112 g/mol. The number of aromatic hydroxyl groups is 1. The molecule has 0 amide bonds. The second kappa shape index (κ2) is 1.81. The van der Waals surface area contributed by atoms with Crippen molar-refractivity contribution in [3.63, 3.8) is 0 Å². The maximum atomic E-state index is 8.71. The highest BCUT2D eigenvalue weighted by Crippen LogP contribution is 1.98. The summed E-state index contributed by atoms with van der Waals surface area (Å²) < 4.78 is 1.42. The van der Waals surface area contributed by atoms with Crippen LogP contribution in [-0.2, 0) is 6.54 Å². The molecule has 0 spiro atoms. The van der Waals surface area contributed by atoms with E-state index < -0.39 is 0 Å². The van der Waals surface area contributed by atoms with Crippen molar-refractivity contribution in [2.75, 3.05) is 0 Å². The van der Waals surface area contributed by atoms with Gasteiger partial charge < -0.3 is 5.11 Å². The molecule has 43 valence electrons. The largest absolute Gasteiger partial charge is 0.479 e. The second-order valence-electron chi connectivity index (χ2n) is 1.34. The Hall–Kier alpha value is -1.06. The summed E-state index contributed by atoms with van der Waals surface area (Å²) >= 11 is 0. The zero-order chi connectivity index (χ0) is 5.98. The molecule has 1 aromatic rings. The maximum absolute atomic E-state index is 8.71. The third-order valence-corrected chi connectivity index (χ3v) is 0.863. The lowest BCUT2D eigenvalue weighted by molar-refractivity contribution is 0.400. The summed E-state index contributed by atoms with van der Waals surface area (Å²) in [4.78, 5) is 0. The topological polar surface area (TPSA) is 50.9 Å². The Labute approximate surface area is 46.8 Å². The summed E-state index contributed by atoms with van der Waals surface area (Å²) in [6, 6.07) is -0.0764. The molecule has 1 aromatic heterocycles. The van der Waals surface area contributed by atoms with Crippen LogP contribution in [0.5, 0.6) is 6.01 Å². The Balaban J connectivity index is 2.92. The number of aromatic nitrogens is 3. The smallest absolute Gasteiger partial charge is 0.314 e. The van der Waals surface area contributed by atoms with E-state index in [-0.39, 0.29) is 6.01 Å². The fraction of sp³-hybridized carbons (Fsp3) is 0.500. The molecule has 0 unspecified atom stereocenters. The van der Waals surface area contributed by atoms with Crippen molar-refractivity contribution < 1.29 is 5.11 Å². The lowest BCUT2D eigenvalue weighted by atomic mass is 10.7. The fourth-order valence-electron chi connectivity index (χ4n) is 0.432. The average molecular weight is 112 g/mol. The van der Waals surface area contributed by atoms with E-state index in [1.165, 1.54) is 4.57 Å². The predicted molar refractivity (Wildman–Crippen MR) is 26.2 cm³/mol. The number of hydrogen-bond acceptors (Lipinski definition) is 3. The minimum atomic E-state index is -0.0764. The van der Waals surface area contributed by atoms with Crippen molar-refractivity contribution in [2.24, 2.45) is 0 Å². The first-order chi connectivity index (χ1) is 3.84. The van der Waals surface area contributed by atoms with Crippen molar-refractivity contribution in [2.45, 2.75) is 13.5 Å². The summed E-state index contributed by atoms with van der Waals surface area (Å²) in [5.74, 6) is 0. The van der Waals surface area contributed by atoms with Gasteiger partial charge in [0.15, 0.2) is 0 Å². The van der Waals surface area contributed by atoms with E-state index in [0.29, 0.717) is 6.54 Å². The van der Waals surface area contributed by atoms with Crippen LogP contribution in [0.25, 0.3) is 0 Å². The first-order valence-corrected chi connectivity index (χ1v) is 2.34. The first kappa shape index (κ1) is 5.08. The van der Waals surface area contributed by atoms with Crippen LogP contribution in [-0.4, -0.2) is 19.9 Å². The lowest BCUT2D eigenvalue weighted by Gasteiger charge is -1.90. The first-order valence-electron chi connectivity index (χ1n) is 2.34. The zero-order valence-corrected chi connectivity index (χ0v) is 4.50. The van der Waals surface area contributed by atoms with E-state index in [4.69, 9.17) is 5.11 Å². The minimum absolute atomic E-state index is 0.0764. The zero-order valence-electron chi connectivity index (χ0n) is 4.50. The Morgan fingerprint density at radius 3 is 2.88 bits per heavy atom. The molecule has 0 fully saturated rings. The van der Waals surface area contributed by atoms with Crippen molar-refractivity contribution in [1.82, 2.24) is 14.8 Å².